The molecule has 1 saturated heterocycles. The van der Waals surface area contributed by atoms with E-state index in [4.69, 9.17) is 26.2 Å². The van der Waals surface area contributed by atoms with Crippen molar-refractivity contribution in [2.24, 2.45) is 0 Å². The Kier molecular flexibility index (Phi) is 6.19. The Bertz CT molecular complexity index is 856. The highest BCUT2D eigenvalue weighted by atomic mass is 35.5. The lowest BCUT2D eigenvalue weighted by atomic mass is 9.99. The first-order valence-electron chi connectivity index (χ1n) is 8.42. The third-order valence-corrected chi connectivity index (χ3v) is 4.76. The molecule has 5 N–H and O–H groups in total. The van der Waals surface area contributed by atoms with Gasteiger partial charge in [-0.25, -0.2) is 4.79 Å². The molecule has 0 amide bonds. The predicted molar refractivity (Wildman–Crippen MR) is 98.2 cm³/mol. The largest absolute Gasteiger partial charge is 0.478 e. The van der Waals surface area contributed by atoms with Crippen molar-refractivity contribution in [2.75, 3.05) is 6.61 Å². The quantitative estimate of drug-likeness (QED) is 0.490. The molecule has 0 radical (unpaired) electrons. The first kappa shape index (κ1) is 20.5. The van der Waals surface area contributed by atoms with Crippen molar-refractivity contribution in [1.82, 2.24) is 0 Å². The van der Waals surface area contributed by atoms with Crippen LogP contribution in [0.1, 0.15) is 10.4 Å². The summed E-state index contributed by atoms with van der Waals surface area (Å²) in [4.78, 5) is 11.1. The number of ether oxygens (including phenoxy) is 2. The molecule has 2 aromatic rings. The minimum atomic E-state index is -1.56. The van der Waals surface area contributed by atoms with Crippen LogP contribution >= 0.6 is 11.6 Å². The van der Waals surface area contributed by atoms with E-state index in [1.54, 1.807) is 24.3 Å². The molecule has 0 spiro atoms. The fraction of sp³-hybridized carbons (Fsp3) is 0.316. The Hall–Kier alpha value is -2.20. The van der Waals surface area contributed by atoms with Gasteiger partial charge in [0.15, 0.2) is 0 Å². The van der Waals surface area contributed by atoms with E-state index in [0.717, 1.165) is 0 Å². The number of carboxylic acid groups (broad SMARTS) is 1. The molecule has 2 aromatic carbocycles. The van der Waals surface area contributed by atoms with E-state index >= 15 is 0 Å². The minimum absolute atomic E-state index is 0.135. The molecule has 9 heteroatoms. The summed E-state index contributed by atoms with van der Waals surface area (Å²) < 4.78 is 10.8. The second kappa shape index (κ2) is 8.44. The molecular formula is C19H19ClO8. The Balaban J connectivity index is 1.81. The molecule has 0 saturated carbocycles. The van der Waals surface area contributed by atoms with Crippen LogP contribution in [0.4, 0.5) is 0 Å². The maximum Gasteiger partial charge on any atom is 0.335 e. The summed E-state index contributed by atoms with van der Waals surface area (Å²) in [7, 11) is 0. The summed E-state index contributed by atoms with van der Waals surface area (Å²) in [6.07, 6.45) is -7.05. The van der Waals surface area contributed by atoms with E-state index in [9.17, 15) is 25.2 Å². The number of aliphatic hydroxyl groups is 4. The van der Waals surface area contributed by atoms with Gasteiger partial charge in [0.2, 0.25) is 6.29 Å². The fourth-order valence-electron chi connectivity index (χ4n) is 2.90. The van der Waals surface area contributed by atoms with Crippen molar-refractivity contribution in [3.63, 3.8) is 0 Å². The number of benzene rings is 2. The molecule has 1 fully saturated rings. The molecule has 150 valence electrons. The number of hydrogen-bond donors (Lipinski definition) is 5. The number of carbonyl (C=O) groups is 1. The SMILES string of the molecule is O=C(O)c1cccc(-c2ccc(OC3OC(CO)C(O)C(O)C3O)c(Cl)c2)c1. The summed E-state index contributed by atoms with van der Waals surface area (Å²) in [6, 6.07) is 11.0. The van der Waals surface area contributed by atoms with Crippen molar-refractivity contribution in [1.29, 1.82) is 0 Å². The fourth-order valence-corrected chi connectivity index (χ4v) is 3.12. The van der Waals surface area contributed by atoms with Gasteiger partial charge < -0.3 is 35.0 Å². The molecule has 0 aliphatic carbocycles. The number of aliphatic hydroxyl groups excluding tert-OH is 4. The van der Waals surface area contributed by atoms with Crippen molar-refractivity contribution in [3.05, 3.63) is 53.1 Å². The van der Waals surface area contributed by atoms with Crippen LogP contribution < -0.4 is 4.74 Å². The Morgan fingerprint density at radius 2 is 1.75 bits per heavy atom. The highest BCUT2D eigenvalue weighted by Crippen LogP contribution is 2.33. The molecule has 0 aromatic heterocycles. The summed E-state index contributed by atoms with van der Waals surface area (Å²) in [5.41, 5.74) is 1.42. The number of carboxylic acids is 1. The molecule has 1 aliphatic rings. The maximum atomic E-state index is 11.1. The van der Waals surface area contributed by atoms with E-state index in [1.807, 2.05) is 0 Å². The number of hydrogen-bond acceptors (Lipinski definition) is 7. The zero-order valence-corrected chi connectivity index (χ0v) is 15.2. The highest BCUT2D eigenvalue weighted by Gasteiger charge is 2.44. The number of rotatable bonds is 5. The van der Waals surface area contributed by atoms with Crippen LogP contribution in [0.2, 0.25) is 5.02 Å². The molecule has 3 rings (SSSR count). The molecule has 5 unspecified atom stereocenters. The van der Waals surface area contributed by atoms with E-state index in [2.05, 4.69) is 0 Å². The molecule has 28 heavy (non-hydrogen) atoms. The lowest BCUT2D eigenvalue weighted by Gasteiger charge is -2.39. The third-order valence-electron chi connectivity index (χ3n) is 4.47. The van der Waals surface area contributed by atoms with Crippen LogP contribution in [0.15, 0.2) is 42.5 Å². The van der Waals surface area contributed by atoms with Gasteiger partial charge in [0, 0.05) is 0 Å². The second-order valence-corrected chi connectivity index (χ2v) is 6.75. The summed E-state index contributed by atoms with van der Waals surface area (Å²) in [6.45, 7) is -0.572. The number of halogens is 1. The Morgan fingerprint density at radius 3 is 2.39 bits per heavy atom. The van der Waals surface area contributed by atoms with Gasteiger partial charge in [0.05, 0.1) is 17.2 Å². The van der Waals surface area contributed by atoms with Crippen molar-refractivity contribution in [3.8, 4) is 16.9 Å². The van der Waals surface area contributed by atoms with Crippen LogP contribution in [-0.4, -0.2) is 68.8 Å². The third kappa shape index (κ3) is 4.12. The normalized spacial score (nSPS) is 27.4. The molecular weight excluding hydrogens is 392 g/mol. The van der Waals surface area contributed by atoms with Gasteiger partial charge in [-0.05, 0) is 35.4 Å². The molecule has 1 aliphatic heterocycles. The summed E-state index contributed by atoms with van der Waals surface area (Å²) >= 11 is 6.24. The Morgan fingerprint density at radius 1 is 1.04 bits per heavy atom. The minimum Gasteiger partial charge on any atom is -0.478 e. The van der Waals surface area contributed by atoms with Gasteiger partial charge in [-0.1, -0.05) is 29.8 Å². The Labute approximate surface area is 165 Å². The van der Waals surface area contributed by atoms with Gasteiger partial charge in [0.1, 0.15) is 30.2 Å². The highest BCUT2D eigenvalue weighted by molar-refractivity contribution is 6.32. The predicted octanol–water partition coefficient (Wildman–Crippen LogP) is 0.884. The van der Waals surface area contributed by atoms with Gasteiger partial charge >= 0.3 is 5.97 Å². The van der Waals surface area contributed by atoms with Crippen LogP contribution in [-0.2, 0) is 4.74 Å². The van der Waals surface area contributed by atoms with Gasteiger partial charge in [0.25, 0.3) is 0 Å². The van der Waals surface area contributed by atoms with Crippen LogP contribution in [0.3, 0.4) is 0 Å². The molecule has 0 bridgehead atoms. The van der Waals surface area contributed by atoms with Crippen molar-refractivity contribution < 1.29 is 39.8 Å². The van der Waals surface area contributed by atoms with Crippen LogP contribution in [0, 0.1) is 0 Å². The lowest BCUT2D eigenvalue weighted by molar-refractivity contribution is -0.277. The smallest absolute Gasteiger partial charge is 0.335 e. The van der Waals surface area contributed by atoms with E-state index in [1.165, 1.54) is 18.2 Å². The average molecular weight is 411 g/mol. The topological polar surface area (TPSA) is 137 Å². The standard InChI is InChI=1S/C19H19ClO8/c20-12-7-10(9-2-1-3-11(6-9)18(25)26)4-5-13(12)27-19-17(24)16(23)15(22)14(8-21)28-19/h1-7,14-17,19,21-24H,8H2,(H,25,26). The van der Waals surface area contributed by atoms with E-state index in [-0.39, 0.29) is 16.3 Å². The monoisotopic (exact) mass is 410 g/mol. The van der Waals surface area contributed by atoms with Crippen molar-refractivity contribution >= 4 is 17.6 Å². The van der Waals surface area contributed by atoms with E-state index in [0.29, 0.717) is 11.1 Å². The van der Waals surface area contributed by atoms with Gasteiger partial charge in [-0.2, -0.15) is 0 Å². The van der Waals surface area contributed by atoms with Crippen LogP contribution in [0.25, 0.3) is 11.1 Å². The maximum absolute atomic E-state index is 11.1. The summed E-state index contributed by atoms with van der Waals surface area (Å²) in [5, 5.41) is 48.2. The first-order chi connectivity index (χ1) is 13.3. The zero-order valence-electron chi connectivity index (χ0n) is 14.5. The van der Waals surface area contributed by atoms with Crippen molar-refractivity contribution in [2.45, 2.75) is 30.7 Å². The zero-order chi connectivity index (χ0) is 20.4. The van der Waals surface area contributed by atoms with Gasteiger partial charge in [-0.3, -0.25) is 0 Å². The lowest BCUT2D eigenvalue weighted by Crippen LogP contribution is -2.60. The first-order valence-corrected chi connectivity index (χ1v) is 8.80. The average Bonchev–Trinajstić information content (AvgIpc) is 2.69. The van der Waals surface area contributed by atoms with Gasteiger partial charge in [-0.15, -0.1) is 0 Å². The number of aromatic carboxylic acids is 1. The summed E-state index contributed by atoms with van der Waals surface area (Å²) in [5.74, 6) is -0.903. The van der Waals surface area contributed by atoms with Crippen LogP contribution in [0.5, 0.6) is 5.75 Å². The van der Waals surface area contributed by atoms with E-state index < -0.39 is 43.3 Å². The second-order valence-electron chi connectivity index (χ2n) is 6.35. The molecule has 1 heterocycles. The molecule has 5 atom stereocenters. The molecule has 8 nitrogen and oxygen atoms in total.